The number of methoxy groups -OCH3 is 1. The SMILES string of the molecule is COc1cc([C@H](C#N)[NH+]2CCCCC2)ccc1O. The number of rotatable bonds is 3. The molecule has 0 bridgehead atoms. The standard InChI is InChI=1S/C14H18N2O2/c1-18-14-9-11(5-6-13(14)17)12(10-15)16-7-3-2-4-8-16/h5-6,9,12,17H,2-4,7-8H2,1H3/p+1/t12-/m0/s1. The van der Waals surface area contributed by atoms with E-state index in [-0.39, 0.29) is 11.8 Å². The van der Waals surface area contributed by atoms with Gasteiger partial charge in [-0.2, -0.15) is 5.26 Å². The van der Waals surface area contributed by atoms with E-state index in [4.69, 9.17) is 4.74 Å². The fraction of sp³-hybridized carbons (Fsp3) is 0.500. The molecule has 1 aromatic rings. The number of phenolic OH excluding ortho intramolecular Hbond substituents is 1. The Morgan fingerprint density at radius 3 is 2.67 bits per heavy atom. The third kappa shape index (κ3) is 2.57. The number of nitrogens with zero attached hydrogens (tertiary/aromatic N) is 1. The number of likely N-dealkylation sites (tertiary alicyclic amines) is 1. The van der Waals surface area contributed by atoms with Crippen molar-refractivity contribution < 1.29 is 14.7 Å². The topological polar surface area (TPSA) is 57.7 Å². The molecule has 1 heterocycles. The molecule has 0 spiro atoms. The Labute approximate surface area is 107 Å². The lowest BCUT2D eigenvalue weighted by Crippen LogP contribution is -3.13. The zero-order valence-corrected chi connectivity index (χ0v) is 10.6. The average molecular weight is 247 g/mol. The highest BCUT2D eigenvalue weighted by molar-refractivity contribution is 5.43. The third-order valence-electron chi connectivity index (χ3n) is 3.57. The number of phenols is 1. The van der Waals surface area contributed by atoms with Gasteiger partial charge in [-0.15, -0.1) is 0 Å². The van der Waals surface area contributed by atoms with Crippen LogP contribution in [0.4, 0.5) is 0 Å². The molecule has 18 heavy (non-hydrogen) atoms. The summed E-state index contributed by atoms with van der Waals surface area (Å²) in [5.41, 5.74) is 0.920. The lowest BCUT2D eigenvalue weighted by atomic mass is 10.0. The third-order valence-corrected chi connectivity index (χ3v) is 3.57. The highest BCUT2D eigenvalue weighted by atomic mass is 16.5. The van der Waals surface area contributed by atoms with Crippen LogP contribution < -0.4 is 9.64 Å². The molecule has 1 atom stereocenters. The average Bonchev–Trinajstić information content (AvgIpc) is 2.42. The van der Waals surface area contributed by atoms with Crippen molar-refractivity contribution in [2.75, 3.05) is 20.2 Å². The number of hydrogen-bond donors (Lipinski definition) is 2. The van der Waals surface area contributed by atoms with Crippen molar-refractivity contribution in [2.45, 2.75) is 25.3 Å². The monoisotopic (exact) mass is 247 g/mol. The summed E-state index contributed by atoms with van der Waals surface area (Å²) in [6.45, 7) is 2.09. The smallest absolute Gasteiger partial charge is 0.200 e. The van der Waals surface area contributed by atoms with Crippen LogP contribution in [0.3, 0.4) is 0 Å². The molecule has 0 amide bonds. The van der Waals surface area contributed by atoms with Gasteiger partial charge in [0.15, 0.2) is 11.5 Å². The summed E-state index contributed by atoms with van der Waals surface area (Å²) in [7, 11) is 1.52. The van der Waals surface area contributed by atoms with Gasteiger partial charge in [0, 0.05) is 5.56 Å². The van der Waals surface area contributed by atoms with E-state index in [0.717, 1.165) is 18.7 Å². The minimum atomic E-state index is -0.167. The molecular weight excluding hydrogens is 228 g/mol. The minimum absolute atomic E-state index is 0.117. The molecule has 1 aliphatic heterocycles. The molecule has 1 saturated heterocycles. The molecule has 0 aliphatic carbocycles. The van der Waals surface area contributed by atoms with Crippen LogP contribution in [0.25, 0.3) is 0 Å². The Hall–Kier alpha value is -1.73. The number of aromatic hydroxyl groups is 1. The van der Waals surface area contributed by atoms with Gasteiger partial charge in [-0.3, -0.25) is 0 Å². The molecule has 1 aromatic carbocycles. The van der Waals surface area contributed by atoms with Crippen LogP contribution in [0.5, 0.6) is 11.5 Å². The second-order valence-corrected chi connectivity index (χ2v) is 4.71. The van der Waals surface area contributed by atoms with Gasteiger partial charge in [0.1, 0.15) is 6.07 Å². The van der Waals surface area contributed by atoms with Crippen molar-refractivity contribution in [2.24, 2.45) is 0 Å². The molecule has 1 aliphatic rings. The largest absolute Gasteiger partial charge is 0.504 e. The molecule has 0 unspecified atom stereocenters. The Balaban J connectivity index is 2.24. The van der Waals surface area contributed by atoms with E-state index in [0.29, 0.717) is 5.75 Å². The number of piperidine rings is 1. The molecule has 0 aromatic heterocycles. The minimum Gasteiger partial charge on any atom is -0.504 e. The summed E-state index contributed by atoms with van der Waals surface area (Å²) in [6.07, 6.45) is 3.63. The van der Waals surface area contributed by atoms with Crippen LogP contribution in [0, 0.1) is 11.3 Å². The molecular formula is C14H19N2O2+. The Kier molecular flexibility index (Phi) is 4.06. The number of nitriles is 1. The first-order valence-corrected chi connectivity index (χ1v) is 6.37. The predicted molar refractivity (Wildman–Crippen MR) is 67.6 cm³/mol. The van der Waals surface area contributed by atoms with Crippen LogP contribution in [0.15, 0.2) is 18.2 Å². The fourth-order valence-corrected chi connectivity index (χ4v) is 2.57. The van der Waals surface area contributed by atoms with E-state index in [1.54, 1.807) is 12.1 Å². The van der Waals surface area contributed by atoms with Crippen molar-refractivity contribution in [3.8, 4) is 17.6 Å². The Morgan fingerprint density at radius 2 is 2.06 bits per heavy atom. The summed E-state index contributed by atoms with van der Waals surface area (Å²) < 4.78 is 5.10. The molecule has 0 radical (unpaired) electrons. The van der Waals surface area contributed by atoms with Crippen LogP contribution in [0.1, 0.15) is 30.9 Å². The Bertz CT molecular complexity index is 448. The van der Waals surface area contributed by atoms with Gasteiger partial charge in [0.05, 0.1) is 20.2 Å². The summed E-state index contributed by atoms with van der Waals surface area (Å²) in [4.78, 5) is 1.32. The molecule has 4 heteroatoms. The lowest BCUT2D eigenvalue weighted by molar-refractivity contribution is -0.927. The van der Waals surface area contributed by atoms with Crippen molar-refractivity contribution >= 4 is 0 Å². The molecule has 2 rings (SSSR count). The predicted octanol–water partition coefficient (Wildman–Crippen LogP) is 1.03. The van der Waals surface area contributed by atoms with E-state index in [1.807, 2.05) is 6.07 Å². The van der Waals surface area contributed by atoms with Gasteiger partial charge in [0.25, 0.3) is 0 Å². The first-order chi connectivity index (χ1) is 8.76. The fourth-order valence-electron chi connectivity index (χ4n) is 2.57. The highest BCUT2D eigenvalue weighted by Crippen LogP contribution is 2.28. The first-order valence-electron chi connectivity index (χ1n) is 6.37. The second-order valence-electron chi connectivity index (χ2n) is 4.71. The molecule has 96 valence electrons. The molecule has 1 fully saturated rings. The van der Waals surface area contributed by atoms with E-state index in [2.05, 4.69) is 6.07 Å². The van der Waals surface area contributed by atoms with Crippen molar-refractivity contribution in [1.82, 2.24) is 0 Å². The van der Waals surface area contributed by atoms with Crippen LogP contribution in [-0.4, -0.2) is 25.3 Å². The maximum atomic E-state index is 9.59. The molecule has 2 N–H and O–H groups in total. The quantitative estimate of drug-likeness (QED) is 0.839. The number of hydrogen-bond acceptors (Lipinski definition) is 3. The second kappa shape index (κ2) is 5.74. The van der Waals surface area contributed by atoms with E-state index < -0.39 is 0 Å². The van der Waals surface area contributed by atoms with Gasteiger partial charge in [-0.1, -0.05) is 0 Å². The summed E-state index contributed by atoms with van der Waals surface area (Å²) >= 11 is 0. The van der Waals surface area contributed by atoms with Gasteiger partial charge in [-0.25, -0.2) is 0 Å². The summed E-state index contributed by atoms with van der Waals surface area (Å²) in [6, 6.07) is 7.40. The van der Waals surface area contributed by atoms with E-state index >= 15 is 0 Å². The number of nitrogens with one attached hydrogen (secondary N) is 1. The molecule has 4 nitrogen and oxygen atoms in total. The number of quaternary nitrogens is 1. The maximum Gasteiger partial charge on any atom is 0.200 e. The normalized spacial score (nSPS) is 18.0. The highest BCUT2D eigenvalue weighted by Gasteiger charge is 2.26. The van der Waals surface area contributed by atoms with Gasteiger partial charge < -0.3 is 14.7 Å². The van der Waals surface area contributed by atoms with E-state index in [9.17, 15) is 10.4 Å². The van der Waals surface area contributed by atoms with Crippen LogP contribution in [0.2, 0.25) is 0 Å². The van der Waals surface area contributed by atoms with Crippen molar-refractivity contribution in [3.05, 3.63) is 23.8 Å². The van der Waals surface area contributed by atoms with E-state index in [1.165, 1.54) is 31.3 Å². The zero-order chi connectivity index (χ0) is 13.0. The number of ether oxygens (including phenoxy) is 1. The first kappa shape index (κ1) is 12.7. The summed E-state index contributed by atoms with van der Waals surface area (Å²) in [5.74, 6) is 0.552. The number of benzene rings is 1. The van der Waals surface area contributed by atoms with Gasteiger partial charge in [0.2, 0.25) is 6.04 Å². The summed E-state index contributed by atoms with van der Waals surface area (Å²) in [5, 5.41) is 19.0. The van der Waals surface area contributed by atoms with Gasteiger partial charge in [-0.05, 0) is 37.5 Å². The zero-order valence-electron chi connectivity index (χ0n) is 10.6. The van der Waals surface area contributed by atoms with Crippen molar-refractivity contribution in [1.29, 1.82) is 5.26 Å². The maximum absolute atomic E-state index is 9.59. The van der Waals surface area contributed by atoms with Gasteiger partial charge >= 0.3 is 0 Å². The van der Waals surface area contributed by atoms with Crippen LogP contribution >= 0.6 is 0 Å². The Morgan fingerprint density at radius 1 is 1.33 bits per heavy atom. The lowest BCUT2D eigenvalue weighted by Gasteiger charge is -2.27. The van der Waals surface area contributed by atoms with Crippen LogP contribution in [-0.2, 0) is 0 Å². The molecule has 0 saturated carbocycles. The van der Waals surface area contributed by atoms with Crippen molar-refractivity contribution in [3.63, 3.8) is 0 Å².